The van der Waals surface area contributed by atoms with Crippen LogP contribution in [0.5, 0.6) is 0 Å². The average Bonchev–Trinajstić information content (AvgIpc) is 2.13. The minimum Gasteiger partial charge on any atom is -0.462 e. The molecule has 0 aromatic heterocycles. The molecule has 1 N–H and O–H groups in total. The lowest BCUT2D eigenvalue weighted by Gasteiger charge is -2.30. The monoisotopic (exact) mass is 257 g/mol. The zero-order chi connectivity index (χ0) is 13.8. The highest BCUT2D eigenvalue weighted by molar-refractivity contribution is 5.68. The fraction of sp³-hybridized carbons (Fsp3) is 0.846. The van der Waals surface area contributed by atoms with Gasteiger partial charge in [0, 0.05) is 19.4 Å². The summed E-state index contributed by atoms with van der Waals surface area (Å²) in [5.41, 5.74) is -0.492. The van der Waals surface area contributed by atoms with Gasteiger partial charge < -0.3 is 14.8 Å². The molecule has 0 aliphatic heterocycles. The van der Waals surface area contributed by atoms with Crippen molar-refractivity contribution in [2.45, 2.75) is 71.1 Å². The Bertz CT molecular complexity index is 309. The first kappa shape index (κ1) is 14.8. The van der Waals surface area contributed by atoms with E-state index < -0.39 is 11.7 Å². The van der Waals surface area contributed by atoms with Crippen molar-refractivity contribution < 1.29 is 19.1 Å². The lowest BCUT2D eigenvalue weighted by molar-refractivity contribution is -0.148. The number of hydrogen-bond acceptors (Lipinski definition) is 4. The van der Waals surface area contributed by atoms with E-state index in [1.54, 1.807) is 0 Å². The Kier molecular flexibility index (Phi) is 4.99. The number of carbonyl (C=O) groups is 2. The lowest BCUT2D eigenvalue weighted by Crippen LogP contribution is -2.43. The quantitative estimate of drug-likeness (QED) is 0.771. The molecule has 5 nitrogen and oxygen atoms in total. The second-order valence-electron chi connectivity index (χ2n) is 5.74. The van der Waals surface area contributed by atoms with Crippen molar-refractivity contribution in [1.82, 2.24) is 5.32 Å². The first-order valence-electron chi connectivity index (χ1n) is 6.43. The van der Waals surface area contributed by atoms with Crippen LogP contribution in [0.4, 0.5) is 4.79 Å². The molecular weight excluding hydrogens is 234 g/mol. The van der Waals surface area contributed by atoms with Gasteiger partial charge in [0.2, 0.25) is 0 Å². The highest BCUT2D eigenvalue weighted by Gasteiger charge is 2.26. The SMILES string of the molecule is CC(=O)O[C@H]1CCC[C@H](NC(=O)OC(C)(C)C)C1. The predicted octanol–water partition coefficient (Wildman–Crippen LogP) is 2.39. The molecule has 1 aliphatic carbocycles. The molecule has 1 rings (SSSR count). The van der Waals surface area contributed by atoms with Crippen molar-refractivity contribution in [2.24, 2.45) is 0 Å². The molecule has 1 aliphatic rings. The molecule has 1 saturated carbocycles. The van der Waals surface area contributed by atoms with Crippen LogP contribution in [0.2, 0.25) is 0 Å². The Morgan fingerprint density at radius 3 is 2.44 bits per heavy atom. The first-order valence-corrected chi connectivity index (χ1v) is 6.43. The van der Waals surface area contributed by atoms with Gasteiger partial charge in [0.15, 0.2) is 0 Å². The third-order valence-corrected chi connectivity index (χ3v) is 2.68. The summed E-state index contributed by atoms with van der Waals surface area (Å²) in [6, 6.07) is 0.0259. The Balaban J connectivity index is 2.38. The minimum atomic E-state index is -0.492. The molecule has 5 heteroatoms. The molecule has 0 saturated heterocycles. The molecule has 0 radical (unpaired) electrons. The van der Waals surface area contributed by atoms with Crippen LogP contribution in [0, 0.1) is 0 Å². The van der Waals surface area contributed by atoms with Crippen molar-refractivity contribution in [2.75, 3.05) is 0 Å². The normalized spacial score (nSPS) is 24.2. The van der Waals surface area contributed by atoms with Gasteiger partial charge in [0.05, 0.1) is 0 Å². The van der Waals surface area contributed by atoms with Gasteiger partial charge in [-0.1, -0.05) is 0 Å². The maximum atomic E-state index is 11.6. The fourth-order valence-electron chi connectivity index (χ4n) is 2.09. The Morgan fingerprint density at radius 2 is 1.89 bits per heavy atom. The largest absolute Gasteiger partial charge is 0.462 e. The predicted molar refractivity (Wildman–Crippen MR) is 67.2 cm³/mol. The van der Waals surface area contributed by atoms with Crippen LogP contribution < -0.4 is 5.32 Å². The molecule has 0 spiro atoms. The molecule has 0 aromatic carbocycles. The van der Waals surface area contributed by atoms with E-state index in [4.69, 9.17) is 9.47 Å². The highest BCUT2D eigenvalue weighted by atomic mass is 16.6. The topological polar surface area (TPSA) is 64.6 Å². The maximum absolute atomic E-state index is 11.6. The van der Waals surface area contributed by atoms with Crippen LogP contribution in [-0.4, -0.2) is 29.8 Å². The minimum absolute atomic E-state index is 0.0259. The second kappa shape index (κ2) is 6.07. The van der Waals surface area contributed by atoms with Gasteiger partial charge in [-0.15, -0.1) is 0 Å². The van der Waals surface area contributed by atoms with Crippen LogP contribution in [0.3, 0.4) is 0 Å². The molecule has 1 fully saturated rings. The molecule has 1 amide bonds. The third kappa shape index (κ3) is 5.89. The standard InChI is InChI=1S/C13H23NO4/c1-9(15)17-11-7-5-6-10(8-11)14-12(16)18-13(2,3)4/h10-11H,5-8H2,1-4H3,(H,14,16)/t10-,11-/m0/s1. The van der Waals surface area contributed by atoms with Crippen LogP contribution in [0.15, 0.2) is 0 Å². The molecule has 18 heavy (non-hydrogen) atoms. The van der Waals surface area contributed by atoms with Gasteiger partial charge in [-0.3, -0.25) is 4.79 Å². The van der Waals surface area contributed by atoms with E-state index in [9.17, 15) is 9.59 Å². The smallest absolute Gasteiger partial charge is 0.407 e. The van der Waals surface area contributed by atoms with E-state index in [1.165, 1.54) is 6.92 Å². The summed E-state index contributed by atoms with van der Waals surface area (Å²) in [4.78, 5) is 22.5. The highest BCUT2D eigenvalue weighted by Crippen LogP contribution is 2.21. The van der Waals surface area contributed by atoms with E-state index in [0.29, 0.717) is 6.42 Å². The molecule has 104 valence electrons. The zero-order valence-corrected chi connectivity index (χ0v) is 11.6. The summed E-state index contributed by atoms with van der Waals surface area (Å²) in [5.74, 6) is -0.266. The van der Waals surface area contributed by atoms with Crippen molar-refractivity contribution in [3.05, 3.63) is 0 Å². The van der Waals surface area contributed by atoms with Gasteiger partial charge in [0.25, 0.3) is 0 Å². The number of nitrogens with one attached hydrogen (secondary N) is 1. The van der Waals surface area contributed by atoms with Crippen LogP contribution in [0.1, 0.15) is 53.4 Å². The van der Waals surface area contributed by atoms with Crippen LogP contribution in [0.25, 0.3) is 0 Å². The lowest BCUT2D eigenvalue weighted by atomic mass is 9.93. The van der Waals surface area contributed by atoms with Gasteiger partial charge in [0.1, 0.15) is 11.7 Å². The van der Waals surface area contributed by atoms with E-state index in [1.807, 2.05) is 20.8 Å². The number of ether oxygens (including phenoxy) is 2. The van der Waals surface area contributed by atoms with Crippen molar-refractivity contribution in [3.63, 3.8) is 0 Å². The summed E-state index contributed by atoms with van der Waals surface area (Å²) in [7, 11) is 0. The number of alkyl carbamates (subject to hydrolysis) is 1. The second-order valence-corrected chi connectivity index (χ2v) is 5.74. The van der Waals surface area contributed by atoms with Gasteiger partial charge in [-0.25, -0.2) is 4.79 Å². The molecule has 0 bridgehead atoms. The number of carbonyl (C=O) groups excluding carboxylic acids is 2. The van der Waals surface area contributed by atoms with Crippen LogP contribution >= 0.6 is 0 Å². The average molecular weight is 257 g/mol. The first-order chi connectivity index (χ1) is 8.26. The third-order valence-electron chi connectivity index (χ3n) is 2.68. The van der Waals surface area contributed by atoms with Gasteiger partial charge in [-0.05, 0) is 40.0 Å². The Labute approximate surface area is 108 Å². The van der Waals surface area contributed by atoms with Crippen LogP contribution in [-0.2, 0) is 14.3 Å². The molecule has 2 atom stereocenters. The summed E-state index contributed by atoms with van der Waals surface area (Å²) < 4.78 is 10.4. The van der Waals surface area contributed by atoms with Crippen molar-refractivity contribution in [3.8, 4) is 0 Å². The Hall–Kier alpha value is -1.26. The van der Waals surface area contributed by atoms with E-state index in [0.717, 1.165) is 19.3 Å². The number of esters is 1. The van der Waals surface area contributed by atoms with Crippen molar-refractivity contribution >= 4 is 12.1 Å². The summed E-state index contributed by atoms with van der Waals surface area (Å²) >= 11 is 0. The van der Waals surface area contributed by atoms with E-state index in [2.05, 4.69) is 5.32 Å². The number of rotatable bonds is 2. The molecule has 0 aromatic rings. The molecular formula is C13H23NO4. The van der Waals surface area contributed by atoms with E-state index in [-0.39, 0.29) is 18.1 Å². The number of amides is 1. The maximum Gasteiger partial charge on any atom is 0.407 e. The molecule has 0 unspecified atom stereocenters. The zero-order valence-electron chi connectivity index (χ0n) is 11.6. The van der Waals surface area contributed by atoms with Crippen molar-refractivity contribution in [1.29, 1.82) is 0 Å². The fourth-order valence-corrected chi connectivity index (χ4v) is 2.09. The van der Waals surface area contributed by atoms with Gasteiger partial charge >= 0.3 is 12.1 Å². The summed E-state index contributed by atoms with van der Waals surface area (Å²) in [6.07, 6.45) is 2.88. The van der Waals surface area contributed by atoms with E-state index >= 15 is 0 Å². The van der Waals surface area contributed by atoms with Gasteiger partial charge in [-0.2, -0.15) is 0 Å². The molecule has 0 heterocycles. The summed E-state index contributed by atoms with van der Waals surface area (Å²) in [5, 5.41) is 2.83. The summed E-state index contributed by atoms with van der Waals surface area (Å²) in [6.45, 7) is 6.89. The Morgan fingerprint density at radius 1 is 1.22 bits per heavy atom. The number of hydrogen-bond donors (Lipinski definition) is 1.